The van der Waals surface area contributed by atoms with Gasteiger partial charge < -0.3 is 10.6 Å². The van der Waals surface area contributed by atoms with Crippen LogP contribution in [0.4, 0.5) is 5.00 Å². The van der Waals surface area contributed by atoms with Crippen molar-refractivity contribution >= 4 is 39.7 Å². The van der Waals surface area contributed by atoms with E-state index in [0.717, 1.165) is 42.8 Å². The van der Waals surface area contributed by atoms with Gasteiger partial charge >= 0.3 is 0 Å². The summed E-state index contributed by atoms with van der Waals surface area (Å²) in [6.07, 6.45) is 6.31. The second kappa shape index (κ2) is 7.88. The molecule has 2 N–H and O–H groups in total. The molecule has 0 atom stereocenters. The van der Waals surface area contributed by atoms with E-state index in [2.05, 4.69) is 26.8 Å². The lowest BCUT2D eigenvalue weighted by Crippen LogP contribution is -2.26. The maximum absolute atomic E-state index is 12.6. The largest absolute Gasteiger partial charge is 0.348 e. The van der Waals surface area contributed by atoms with Crippen LogP contribution < -0.4 is 10.6 Å². The van der Waals surface area contributed by atoms with Crippen LogP contribution in [0.3, 0.4) is 0 Å². The Labute approximate surface area is 154 Å². The fraction of sp³-hybridized carbons (Fsp3) is 0.412. The van der Waals surface area contributed by atoms with E-state index < -0.39 is 0 Å². The summed E-state index contributed by atoms with van der Waals surface area (Å²) in [6.45, 7) is 5.97. The van der Waals surface area contributed by atoms with Crippen LogP contribution in [0.1, 0.15) is 55.9 Å². The van der Waals surface area contributed by atoms with Crippen molar-refractivity contribution in [3.63, 3.8) is 0 Å². The Bertz CT molecular complexity index is 810. The zero-order valence-corrected chi connectivity index (χ0v) is 15.7. The van der Waals surface area contributed by atoms with Gasteiger partial charge in [-0.15, -0.1) is 23.0 Å². The summed E-state index contributed by atoms with van der Waals surface area (Å²) in [5.74, 6) is -0.407. The smallest absolute Gasteiger partial charge is 0.269 e. The molecule has 1 aliphatic rings. The highest BCUT2D eigenvalue weighted by atomic mass is 32.1. The Hall–Kier alpha value is -2.06. The SMILES string of the molecule is C=CCNC(=O)c1c(NC(=O)c2snnc2CC)sc2c1CCCC2. The van der Waals surface area contributed by atoms with Gasteiger partial charge in [-0.2, -0.15) is 0 Å². The van der Waals surface area contributed by atoms with Gasteiger partial charge in [-0.1, -0.05) is 17.5 Å². The maximum atomic E-state index is 12.6. The van der Waals surface area contributed by atoms with Crippen molar-refractivity contribution in [1.29, 1.82) is 0 Å². The first-order valence-electron chi connectivity index (χ1n) is 8.31. The lowest BCUT2D eigenvalue weighted by Gasteiger charge is -2.12. The molecule has 132 valence electrons. The molecule has 0 aliphatic heterocycles. The van der Waals surface area contributed by atoms with Crippen LogP contribution in [0.25, 0.3) is 0 Å². The van der Waals surface area contributed by atoms with Crippen LogP contribution in [-0.4, -0.2) is 27.9 Å². The molecular weight excluding hydrogens is 356 g/mol. The third kappa shape index (κ3) is 3.64. The van der Waals surface area contributed by atoms with Gasteiger partial charge in [-0.25, -0.2) is 0 Å². The lowest BCUT2D eigenvalue weighted by atomic mass is 9.95. The summed E-state index contributed by atoms with van der Waals surface area (Å²) in [5, 5.41) is 10.4. The minimum Gasteiger partial charge on any atom is -0.348 e. The Kier molecular flexibility index (Phi) is 5.60. The summed E-state index contributed by atoms with van der Waals surface area (Å²) in [7, 11) is 0. The molecule has 0 bridgehead atoms. The first kappa shape index (κ1) is 17.8. The minimum absolute atomic E-state index is 0.159. The average molecular weight is 377 g/mol. The number of nitrogens with zero attached hydrogens (tertiary/aromatic N) is 2. The van der Waals surface area contributed by atoms with Gasteiger partial charge in [0.1, 0.15) is 9.88 Å². The number of fused-ring (bicyclic) bond motifs is 1. The van der Waals surface area contributed by atoms with Crippen LogP contribution in [0, 0.1) is 0 Å². The quantitative estimate of drug-likeness (QED) is 0.758. The van der Waals surface area contributed by atoms with Gasteiger partial charge in [0, 0.05) is 11.4 Å². The number of rotatable bonds is 6. The van der Waals surface area contributed by atoms with Crippen molar-refractivity contribution in [1.82, 2.24) is 14.9 Å². The second-order valence-electron chi connectivity index (χ2n) is 5.77. The number of carbonyl (C=O) groups is 2. The first-order chi connectivity index (χ1) is 12.2. The molecule has 0 spiro atoms. The molecule has 0 saturated heterocycles. The molecule has 25 heavy (non-hydrogen) atoms. The van der Waals surface area contributed by atoms with E-state index in [1.807, 2.05) is 6.92 Å². The van der Waals surface area contributed by atoms with Crippen molar-refractivity contribution in [3.8, 4) is 0 Å². The van der Waals surface area contributed by atoms with Crippen LogP contribution >= 0.6 is 22.9 Å². The summed E-state index contributed by atoms with van der Waals surface area (Å²) >= 11 is 2.59. The predicted molar refractivity (Wildman–Crippen MR) is 101 cm³/mol. The highest BCUT2D eigenvalue weighted by Crippen LogP contribution is 2.38. The zero-order chi connectivity index (χ0) is 17.8. The van der Waals surface area contributed by atoms with Crippen molar-refractivity contribution in [2.45, 2.75) is 39.0 Å². The third-order valence-corrected chi connectivity index (χ3v) is 6.10. The van der Waals surface area contributed by atoms with Crippen LogP contribution in [-0.2, 0) is 19.3 Å². The minimum atomic E-state index is -0.247. The van der Waals surface area contributed by atoms with E-state index >= 15 is 0 Å². The van der Waals surface area contributed by atoms with E-state index in [1.165, 1.54) is 16.2 Å². The molecule has 0 fully saturated rings. The number of thiophene rings is 1. The van der Waals surface area contributed by atoms with Crippen molar-refractivity contribution < 1.29 is 9.59 Å². The van der Waals surface area contributed by atoms with Crippen LogP contribution in [0.5, 0.6) is 0 Å². The molecule has 2 aromatic rings. The number of aromatic nitrogens is 2. The van der Waals surface area contributed by atoms with Crippen molar-refractivity contribution in [2.75, 3.05) is 11.9 Å². The molecule has 1 aliphatic carbocycles. The zero-order valence-electron chi connectivity index (χ0n) is 14.1. The van der Waals surface area contributed by atoms with E-state index in [9.17, 15) is 9.59 Å². The Morgan fingerprint density at radius 3 is 2.84 bits per heavy atom. The van der Waals surface area contributed by atoms with Crippen LogP contribution in [0.15, 0.2) is 12.7 Å². The summed E-state index contributed by atoms with van der Waals surface area (Å²) in [5.41, 5.74) is 2.36. The van der Waals surface area contributed by atoms with Gasteiger partial charge in [-0.3, -0.25) is 9.59 Å². The van der Waals surface area contributed by atoms with Gasteiger partial charge in [-0.05, 0) is 49.2 Å². The molecular formula is C17H20N4O2S2. The molecule has 3 rings (SSSR count). The number of carbonyl (C=O) groups excluding carboxylic acids is 2. The second-order valence-corrected chi connectivity index (χ2v) is 7.63. The first-order valence-corrected chi connectivity index (χ1v) is 9.90. The monoisotopic (exact) mass is 376 g/mol. The Morgan fingerprint density at radius 2 is 2.08 bits per heavy atom. The Morgan fingerprint density at radius 1 is 1.28 bits per heavy atom. The van der Waals surface area contributed by atoms with Gasteiger partial charge in [0.25, 0.3) is 11.8 Å². The topological polar surface area (TPSA) is 84.0 Å². The standard InChI is InChI=1S/C17H20N4O2S2/c1-3-9-18-15(22)13-10-7-5-6-8-12(10)24-17(13)19-16(23)14-11(4-2)20-21-25-14/h3H,1,4-9H2,2H3,(H,18,22)(H,19,23). The van der Waals surface area contributed by atoms with Gasteiger partial charge in [0.05, 0.1) is 11.3 Å². The number of hydrogen-bond donors (Lipinski definition) is 2. The number of hydrogen-bond acceptors (Lipinski definition) is 6. The van der Waals surface area contributed by atoms with E-state index in [1.54, 1.807) is 6.08 Å². The van der Waals surface area contributed by atoms with E-state index in [0.29, 0.717) is 34.1 Å². The van der Waals surface area contributed by atoms with E-state index in [4.69, 9.17) is 0 Å². The maximum Gasteiger partial charge on any atom is 0.269 e. The summed E-state index contributed by atoms with van der Waals surface area (Å²) < 4.78 is 3.86. The fourth-order valence-corrected chi connectivity index (χ4v) is 4.85. The summed E-state index contributed by atoms with van der Waals surface area (Å²) in [4.78, 5) is 27.0. The lowest BCUT2D eigenvalue weighted by molar-refractivity contribution is 0.0958. The van der Waals surface area contributed by atoms with E-state index in [-0.39, 0.29) is 11.8 Å². The van der Waals surface area contributed by atoms with Crippen molar-refractivity contribution in [3.05, 3.63) is 39.2 Å². The normalized spacial score (nSPS) is 13.2. The Balaban J connectivity index is 1.92. The number of anilines is 1. The number of amides is 2. The third-order valence-electron chi connectivity index (χ3n) is 4.13. The molecule has 0 saturated carbocycles. The molecule has 8 heteroatoms. The molecule has 0 radical (unpaired) electrons. The average Bonchev–Trinajstić information content (AvgIpc) is 3.23. The van der Waals surface area contributed by atoms with Gasteiger partial charge in [0.2, 0.25) is 0 Å². The highest BCUT2D eigenvalue weighted by molar-refractivity contribution is 7.17. The molecule has 2 amide bonds. The van der Waals surface area contributed by atoms with Crippen molar-refractivity contribution in [2.24, 2.45) is 0 Å². The number of nitrogens with one attached hydrogen (secondary N) is 2. The molecule has 0 unspecified atom stereocenters. The molecule has 2 aromatic heterocycles. The predicted octanol–water partition coefficient (Wildman–Crippen LogP) is 3.21. The molecule has 0 aromatic carbocycles. The van der Waals surface area contributed by atoms with Gasteiger partial charge in [0.15, 0.2) is 0 Å². The highest BCUT2D eigenvalue weighted by Gasteiger charge is 2.27. The number of aryl methyl sites for hydroxylation is 2. The fourth-order valence-electron chi connectivity index (χ4n) is 2.92. The molecule has 6 nitrogen and oxygen atoms in total. The van der Waals surface area contributed by atoms with Crippen LogP contribution in [0.2, 0.25) is 0 Å². The summed E-state index contributed by atoms with van der Waals surface area (Å²) in [6, 6.07) is 0. The molecule has 2 heterocycles.